The molecule has 5 nitrogen and oxygen atoms in total. The van der Waals surface area contributed by atoms with E-state index >= 15 is 0 Å². The predicted octanol–water partition coefficient (Wildman–Crippen LogP) is 3.56. The molecule has 0 N–H and O–H groups in total. The molecule has 24 heavy (non-hydrogen) atoms. The molecule has 0 radical (unpaired) electrons. The molecule has 0 saturated carbocycles. The van der Waals surface area contributed by atoms with Gasteiger partial charge in [0.05, 0.1) is 11.8 Å². The van der Waals surface area contributed by atoms with Gasteiger partial charge in [-0.2, -0.15) is 0 Å². The third-order valence-corrected chi connectivity index (χ3v) is 4.59. The molecule has 1 amide bonds. The predicted molar refractivity (Wildman–Crippen MR) is 93.2 cm³/mol. The molecule has 0 aliphatic heterocycles. The highest BCUT2D eigenvalue weighted by atomic mass is 35.7. The fraction of sp³-hybridized carbons (Fsp3) is 0.235. The van der Waals surface area contributed by atoms with E-state index < -0.39 is 26.9 Å². The number of benzene rings is 2. The second kappa shape index (κ2) is 8.17. The molecular weight excluding hydrogens is 350 g/mol. The Bertz CT molecular complexity index is 766. The van der Waals surface area contributed by atoms with Crippen molar-refractivity contribution >= 4 is 25.8 Å². The summed E-state index contributed by atoms with van der Waals surface area (Å²) in [6, 6.07) is 17.4. The number of rotatable bonds is 6. The lowest BCUT2D eigenvalue weighted by Gasteiger charge is -2.27. The minimum atomic E-state index is -3.79. The standard InChI is InChI=1S/C17H18ClNO4S/c1-19(17(20)23-12-14-8-4-2-5-9-14)16(13-24(18,21)22)15-10-6-3-7-11-15/h2-11,16H,12-13H2,1H3. The van der Waals surface area contributed by atoms with Gasteiger partial charge in [0.2, 0.25) is 9.05 Å². The van der Waals surface area contributed by atoms with E-state index in [4.69, 9.17) is 15.4 Å². The lowest BCUT2D eigenvalue weighted by atomic mass is 10.1. The Kier molecular flexibility index (Phi) is 6.23. The minimum absolute atomic E-state index is 0.110. The number of amides is 1. The van der Waals surface area contributed by atoms with Gasteiger partial charge in [0.1, 0.15) is 6.61 Å². The van der Waals surface area contributed by atoms with Crippen LogP contribution in [0.1, 0.15) is 17.2 Å². The van der Waals surface area contributed by atoms with E-state index in [1.54, 1.807) is 24.3 Å². The van der Waals surface area contributed by atoms with Crippen molar-refractivity contribution in [2.75, 3.05) is 12.8 Å². The van der Waals surface area contributed by atoms with Gasteiger partial charge in [-0.3, -0.25) is 0 Å². The van der Waals surface area contributed by atoms with E-state index in [-0.39, 0.29) is 6.61 Å². The Morgan fingerprint density at radius 2 is 1.62 bits per heavy atom. The Labute approximate surface area is 146 Å². The lowest BCUT2D eigenvalue weighted by Crippen LogP contribution is -2.35. The molecule has 0 aliphatic carbocycles. The summed E-state index contributed by atoms with van der Waals surface area (Å²) in [5.41, 5.74) is 1.52. The quantitative estimate of drug-likeness (QED) is 0.732. The number of carbonyl (C=O) groups is 1. The molecule has 1 unspecified atom stereocenters. The normalized spacial score (nSPS) is 12.4. The zero-order valence-electron chi connectivity index (χ0n) is 13.1. The van der Waals surface area contributed by atoms with Gasteiger partial charge >= 0.3 is 6.09 Å². The Morgan fingerprint density at radius 1 is 1.08 bits per heavy atom. The minimum Gasteiger partial charge on any atom is -0.445 e. The van der Waals surface area contributed by atoms with Crippen molar-refractivity contribution in [3.63, 3.8) is 0 Å². The fourth-order valence-corrected chi connectivity index (χ4v) is 3.39. The highest BCUT2D eigenvalue weighted by molar-refractivity contribution is 8.13. The zero-order valence-corrected chi connectivity index (χ0v) is 14.7. The van der Waals surface area contributed by atoms with Gasteiger partial charge in [-0.25, -0.2) is 13.2 Å². The van der Waals surface area contributed by atoms with Crippen LogP contribution >= 0.6 is 10.7 Å². The van der Waals surface area contributed by atoms with Crippen molar-refractivity contribution in [2.24, 2.45) is 0 Å². The van der Waals surface area contributed by atoms with E-state index in [0.717, 1.165) is 5.56 Å². The first-order valence-electron chi connectivity index (χ1n) is 7.27. The monoisotopic (exact) mass is 367 g/mol. The van der Waals surface area contributed by atoms with Gasteiger partial charge in [0.25, 0.3) is 0 Å². The van der Waals surface area contributed by atoms with Crippen molar-refractivity contribution in [3.05, 3.63) is 71.8 Å². The second-order valence-corrected chi connectivity index (χ2v) is 8.10. The summed E-state index contributed by atoms with van der Waals surface area (Å²) in [7, 11) is 3.09. The molecule has 0 spiro atoms. The van der Waals surface area contributed by atoms with Crippen LogP contribution in [0.5, 0.6) is 0 Å². The lowest BCUT2D eigenvalue weighted by molar-refractivity contribution is 0.0939. The van der Waals surface area contributed by atoms with E-state index in [1.165, 1.54) is 11.9 Å². The molecule has 0 heterocycles. The summed E-state index contributed by atoms with van der Waals surface area (Å²) in [4.78, 5) is 13.5. The maximum atomic E-state index is 12.3. The van der Waals surface area contributed by atoms with Crippen LogP contribution in [0, 0.1) is 0 Å². The van der Waals surface area contributed by atoms with Crippen molar-refractivity contribution in [1.29, 1.82) is 0 Å². The van der Waals surface area contributed by atoms with Gasteiger partial charge < -0.3 is 9.64 Å². The van der Waals surface area contributed by atoms with E-state index in [2.05, 4.69) is 0 Å². The third kappa shape index (κ3) is 5.54. The summed E-state index contributed by atoms with van der Waals surface area (Å²) >= 11 is 0. The molecule has 128 valence electrons. The van der Waals surface area contributed by atoms with Crippen LogP contribution < -0.4 is 0 Å². The summed E-state index contributed by atoms with van der Waals surface area (Å²) in [5, 5.41) is 0. The van der Waals surface area contributed by atoms with Crippen LogP contribution in [0.2, 0.25) is 0 Å². The molecule has 0 saturated heterocycles. The Balaban J connectivity index is 2.11. The smallest absolute Gasteiger partial charge is 0.410 e. The molecule has 0 aliphatic rings. The van der Waals surface area contributed by atoms with Crippen molar-refractivity contribution in [2.45, 2.75) is 12.6 Å². The molecule has 1 atom stereocenters. The van der Waals surface area contributed by atoms with Crippen LogP contribution in [0.15, 0.2) is 60.7 Å². The number of hydrogen-bond donors (Lipinski definition) is 0. The van der Waals surface area contributed by atoms with Crippen LogP contribution in [-0.4, -0.2) is 32.2 Å². The van der Waals surface area contributed by atoms with Crippen LogP contribution in [0.4, 0.5) is 4.79 Å². The molecule has 0 aromatic heterocycles. The zero-order chi connectivity index (χ0) is 17.6. The third-order valence-electron chi connectivity index (χ3n) is 3.50. The van der Waals surface area contributed by atoms with E-state index in [0.29, 0.717) is 5.56 Å². The van der Waals surface area contributed by atoms with Crippen LogP contribution in [0.3, 0.4) is 0 Å². The average molecular weight is 368 g/mol. The van der Waals surface area contributed by atoms with E-state index in [1.807, 2.05) is 36.4 Å². The largest absolute Gasteiger partial charge is 0.445 e. The SMILES string of the molecule is CN(C(=O)OCc1ccccc1)C(CS(=O)(=O)Cl)c1ccccc1. The first-order valence-corrected chi connectivity index (χ1v) is 9.75. The molecule has 2 aromatic rings. The number of nitrogens with zero attached hydrogens (tertiary/aromatic N) is 1. The van der Waals surface area contributed by atoms with Crippen molar-refractivity contribution in [3.8, 4) is 0 Å². The van der Waals surface area contributed by atoms with Crippen LogP contribution in [-0.2, 0) is 20.4 Å². The van der Waals surface area contributed by atoms with Gasteiger partial charge in [-0.15, -0.1) is 0 Å². The maximum Gasteiger partial charge on any atom is 0.410 e. The van der Waals surface area contributed by atoms with Crippen LogP contribution in [0.25, 0.3) is 0 Å². The fourth-order valence-electron chi connectivity index (χ4n) is 2.24. The first-order chi connectivity index (χ1) is 11.4. The highest BCUT2D eigenvalue weighted by Gasteiger charge is 2.27. The summed E-state index contributed by atoms with van der Waals surface area (Å²) in [6.45, 7) is 0.110. The van der Waals surface area contributed by atoms with Crippen molar-refractivity contribution < 1.29 is 17.9 Å². The number of halogens is 1. The molecule has 7 heteroatoms. The number of ether oxygens (including phenoxy) is 1. The Hall–Kier alpha value is -2.05. The van der Waals surface area contributed by atoms with Crippen molar-refractivity contribution in [1.82, 2.24) is 4.90 Å². The summed E-state index contributed by atoms with van der Waals surface area (Å²) < 4.78 is 28.3. The van der Waals surface area contributed by atoms with Gasteiger partial charge in [-0.1, -0.05) is 60.7 Å². The Morgan fingerprint density at radius 3 is 2.17 bits per heavy atom. The van der Waals surface area contributed by atoms with Gasteiger partial charge in [-0.05, 0) is 11.1 Å². The molecule has 0 fully saturated rings. The molecule has 2 rings (SSSR count). The maximum absolute atomic E-state index is 12.3. The van der Waals surface area contributed by atoms with Gasteiger partial charge in [0.15, 0.2) is 0 Å². The number of carbonyl (C=O) groups excluding carboxylic acids is 1. The molecule has 2 aromatic carbocycles. The summed E-state index contributed by atoms with van der Waals surface area (Å²) in [6.07, 6.45) is -0.618. The van der Waals surface area contributed by atoms with Gasteiger partial charge in [0, 0.05) is 17.7 Å². The second-order valence-electron chi connectivity index (χ2n) is 5.28. The molecule has 0 bridgehead atoms. The van der Waals surface area contributed by atoms with E-state index in [9.17, 15) is 13.2 Å². The molecular formula is C17H18ClNO4S. The number of hydrogen-bond acceptors (Lipinski definition) is 4. The highest BCUT2D eigenvalue weighted by Crippen LogP contribution is 2.23. The average Bonchev–Trinajstić information content (AvgIpc) is 2.58. The first kappa shape index (κ1) is 18.3. The topological polar surface area (TPSA) is 63.7 Å². The summed E-state index contributed by atoms with van der Waals surface area (Å²) in [5.74, 6) is -0.393.